The summed E-state index contributed by atoms with van der Waals surface area (Å²) in [6.45, 7) is 5.11. The van der Waals surface area contributed by atoms with Gasteiger partial charge in [-0.25, -0.2) is 4.98 Å². The average Bonchev–Trinajstić information content (AvgIpc) is 2.34. The first-order chi connectivity index (χ1) is 8.54. The van der Waals surface area contributed by atoms with Crippen molar-refractivity contribution < 1.29 is 0 Å². The molecule has 1 rings (SSSR count). The Labute approximate surface area is 115 Å². The lowest BCUT2D eigenvalue weighted by atomic mass is 10.3. The molecule has 0 fully saturated rings. The van der Waals surface area contributed by atoms with Crippen LogP contribution in [0.1, 0.15) is 19.0 Å². The molecule has 2 N–H and O–H groups in total. The average molecular weight is 266 g/mol. The molecular weight excluding hydrogens is 244 g/mol. The number of rotatable bonds is 7. The second-order valence-corrected chi connectivity index (χ2v) is 4.98. The number of aromatic nitrogens is 1. The van der Waals surface area contributed by atoms with E-state index in [9.17, 15) is 0 Å². The van der Waals surface area contributed by atoms with E-state index >= 15 is 0 Å². The van der Waals surface area contributed by atoms with Gasteiger partial charge in [-0.05, 0) is 32.6 Å². The van der Waals surface area contributed by atoms with Crippen LogP contribution in [0.2, 0.25) is 0 Å². The number of likely N-dealkylation sites (N-methyl/N-ethyl adjacent to an activating group) is 1. The predicted molar refractivity (Wildman–Crippen MR) is 81.2 cm³/mol. The van der Waals surface area contributed by atoms with Gasteiger partial charge in [0.15, 0.2) is 0 Å². The van der Waals surface area contributed by atoms with E-state index in [2.05, 4.69) is 35.8 Å². The van der Waals surface area contributed by atoms with Crippen molar-refractivity contribution in [3.05, 3.63) is 23.9 Å². The van der Waals surface area contributed by atoms with Crippen LogP contribution in [0, 0.1) is 0 Å². The van der Waals surface area contributed by atoms with Gasteiger partial charge in [0.25, 0.3) is 0 Å². The molecule has 0 atom stereocenters. The summed E-state index contributed by atoms with van der Waals surface area (Å²) < 4.78 is 0. The number of hydrogen-bond acceptors (Lipinski definition) is 4. The maximum Gasteiger partial charge on any atom is 0.129 e. The van der Waals surface area contributed by atoms with Gasteiger partial charge in [-0.15, -0.1) is 0 Å². The zero-order valence-corrected chi connectivity index (χ0v) is 12.2. The second kappa shape index (κ2) is 7.28. The topological polar surface area (TPSA) is 45.4 Å². The second-order valence-electron chi connectivity index (χ2n) is 4.54. The fourth-order valence-electron chi connectivity index (χ4n) is 1.67. The Bertz CT molecular complexity index is 392. The standard InChI is InChI=1S/C13H22N4S/c1-4-8-17(10-9-16(2)3)12-7-5-6-11(15-12)13(14)18/h5-7H,4,8-10H2,1-3H3,(H2,14,18). The van der Waals surface area contributed by atoms with E-state index in [0.29, 0.717) is 10.7 Å². The molecule has 1 aromatic heterocycles. The van der Waals surface area contributed by atoms with Crippen LogP contribution in [0.4, 0.5) is 5.82 Å². The molecule has 4 nitrogen and oxygen atoms in total. The molecule has 0 saturated carbocycles. The van der Waals surface area contributed by atoms with Crippen LogP contribution in [0.5, 0.6) is 0 Å². The largest absolute Gasteiger partial charge is 0.388 e. The highest BCUT2D eigenvalue weighted by molar-refractivity contribution is 7.80. The minimum absolute atomic E-state index is 0.348. The summed E-state index contributed by atoms with van der Waals surface area (Å²) in [6.07, 6.45) is 1.09. The van der Waals surface area contributed by atoms with E-state index in [0.717, 1.165) is 31.9 Å². The summed E-state index contributed by atoms with van der Waals surface area (Å²) in [6, 6.07) is 5.81. The fraction of sp³-hybridized carbons (Fsp3) is 0.538. The third-order valence-corrected chi connectivity index (χ3v) is 2.83. The minimum Gasteiger partial charge on any atom is -0.388 e. The van der Waals surface area contributed by atoms with Gasteiger partial charge in [0, 0.05) is 19.6 Å². The molecule has 5 heteroatoms. The van der Waals surface area contributed by atoms with Gasteiger partial charge in [0.05, 0.1) is 5.69 Å². The highest BCUT2D eigenvalue weighted by atomic mass is 32.1. The Hall–Kier alpha value is -1.20. The van der Waals surface area contributed by atoms with Crippen molar-refractivity contribution in [1.82, 2.24) is 9.88 Å². The van der Waals surface area contributed by atoms with Crippen LogP contribution >= 0.6 is 12.2 Å². The Balaban J connectivity index is 2.83. The molecule has 0 unspecified atom stereocenters. The van der Waals surface area contributed by atoms with Crippen molar-refractivity contribution in [1.29, 1.82) is 0 Å². The SMILES string of the molecule is CCCN(CCN(C)C)c1cccc(C(N)=S)n1. The van der Waals surface area contributed by atoms with Crippen LogP contribution in [0.3, 0.4) is 0 Å². The molecule has 0 saturated heterocycles. The van der Waals surface area contributed by atoms with Crippen molar-refractivity contribution in [2.45, 2.75) is 13.3 Å². The maximum atomic E-state index is 5.62. The van der Waals surface area contributed by atoms with Gasteiger partial charge in [0.1, 0.15) is 10.8 Å². The summed E-state index contributed by atoms with van der Waals surface area (Å²) in [4.78, 5) is 9.29. The molecule has 0 bridgehead atoms. The van der Waals surface area contributed by atoms with Crippen LogP contribution in [-0.2, 0) is 0 Å². The molecule has 100 valence electrons. The van der Waals surface area contributed by atoms with E-state index in [1.807, 2.05) is 18.2 Å². The molecule has 1 heterocycles. The lowest BCUT2D eigenvalue weighted by molar-refractivity contribution is 0.412. The van der Waals surface area contributed by atoms with Crippen molar-refractivity contribution in [2.75, 3.05) is 38.6 Å². The molecule has 0 aromatic carbocycles. The molecule has 0 amide bonds. The quantitative estimate of drug-likeness (QED) is 0.758. The van der Waals surface area contributed by atoms with Crippen molar-refractivity contribution in [3.63, 3.8) is 0 Å². The van der Waals surface area contributed by atoms with Crippen LogP contribution in [0.25, 0.3) is 0 Å². The van der Waals surface area contributed by atoms with E-state index in [1.54, 1.807) is 0 Å². The summed E-state index contributed by atoms with van der Waals surface area (Å²) in [5, 5.41) is 0. The van der Waals surface area contributed by atoms with E-state index in [1.165, 1.54) is 0 Å². The number of nitrogens with zero attached hydrogens (tertiary/aromatic N) is 3. The molecule has 0 spiro atoms. The third-order valence-electron chi connectivity index (χ3n) is 2.62. The van der Waals surface area contributed by atoms with E-state index in [-0.39, 0.29) is 0 Å². The van der Waals surface area contributed by atoms with E-state index < -0.39 is 0 Å². The summed E-state index contributed by atoms with van der Waals surface area (Å²) in [5.74, 6) is 0.948. The summed E-state index contributed by atoms with van der Waals surface area (Å²) in [7, 11) is 4.14. The smallest absolute Gasteiger partial charge is 0.129 e. The lowest BCUT2D eigenvalue weighted by Gasteiger charge is -2.25. The zero-order chi connectivity index (χ0) is 13.5. The first-order valence-electron chi connectivity index (χ1n) is 6.21. The van der Waals surface area contributed by atoms with Gasteiger partial charge < -0.3 is 15.5 Å². The van der Waals surface area contributed by atoms with Crippen molar-refractivity contribution >= 4 is 23.0 Å². The van der Waals surface area contributed by atoms with Gasteiger partial charge in [-0.2, -0.15) is 0 Å². The molecular formula is C13H22N4S. The van der Waals surface area contributed by atoms with Crippen LogP contribution in [-0.4, -0.2) is 48.6 Å². The fourth-order valence-corrected chi connectivity index (χ4v) is 1.78. The third kappa shape index (κ3) is 4.58. The van der Waals surface area contributed by atoms with E-state index in [4.69, 9.17) is 18.0 Å². The van der Waals surface area contributed by atoms with Gasteiger partial charge in [0.2, 0.25) is 0 Å². The van der Waals surface area contributed by atoms with Gasteiger partial charge >= 0.3 is 0 Å². The van der Waals surface area contributed by atoms with Gasteiger partial charge in [-0.3, -0.25) is 0 Å². The first-order valence-corrected chi connectivity index (χ1v) is 6.62. The Morgan fingerprint density at radius 1 is 1.28 bits per heavy atom. The van der Waals surface area contributed by atoms with Crippen molar-refractivity contribution in [2.24, 2.45) is 5.73 Å². The summed E-state index contributed by atoms with van der Waals surface area (Å²) in [5.41, 5.74) is 6.31. The zero-order valence-electron chi connectivity index (χ0n) is 11.4. The molecule has 0 aliphatic carbocycles. The molecule has 0 aliphatic rings. The maximum absolute atomic E-state index is 5.62. The minimum atomic E-state index is 0.348. The number of nitrogens with two attached hydrogens (primary N) is 1. The monoisotopic (exact) mass is 266 g/mol. The molecule has 18 heavy (non-hydrogen) atoms. The van der Waals surface area contributed by atoms with Crippen LogP contribution in [0.15, 0.2) is 18.2 Å². The normalized spacial score (nSPS) is 10.7. The van der Waals surface area contributed by atoms with Crippen LogP contribution < -0.4 is 10.6 Å². The first kappa shape index (κ1) is 14.9. The highest BCUT2D eigenvalue weighted by Gasteiger charge is 2.08. The highest BCUT2D eigenvalue weighted by Crippen LogP contribution is 2.12. The molecule has 0 radical (unpaired) electrons. The number of pyridine rings is 1. The Kier molecular flexibility index (Phi) is 6.01. The summed E-state index contributed by atoms with van der Waals surface area (Å²) >= 11 is 4.97. The molecule has 1 aromatic rings. The number of thiocarbonyl (C=S) groups is 1. The number of anilines is 1. The Morgan fingerprint density at radius 2 is 2.00 bits per heavy atom. The van der Waals surface area contributed by atoms with Gasteiger partial charge in [-0.1, -0.05) is 25.2 Å². The Morgan fingerprint density at radius 3 is 2.56 bits per heavy atom. The predicted octanol–water partition coefficient (Wildman–Crippen LogP) is 1.49. The molecule has 0 aliphatic heterocycles. The van der Waals surface area contributed by atoms with Crippen molar-refractivity contribution in [3.8, 4) is 0 Å². The lowest BCUT2D eigenvalue weighted by Crippen LogP contribution is -2.33. The number of hydrogen-bond donors (Lipinski definition) is 1.